The highest BCUT2D eigenvalue weighted by Crippen LogP contribution is 2.44. The summed E-state index contributed by atoms with van der Waals surface area (Å²) in [5.41, 5.74) is 9.18. The average Bonchev–Trinajstić information content (AvgIpc) is 3.52. The van der Waals surface area contributed by atoms with Gasteiger partial charge in [0, 0.05) is 23.3 Å². The van der Waals surface area contributed by atoms with Gasteiger partial charge in [0.2, 0.25) is 0 Å². The van der Waals surface area contributed by atoms with E-state index in [0.717, 1.165) is 27.9 Å². The van der Waals surface area contributed by atoms with Gasteiger partial charge in [-0.15, -0.1) is 0 Å². The van der Waals surface area contributed by atoms with Crippen molar-refractivity contribution < 1.29 is 4.42 Å². The van der Waals surface area contributed by atoms with Gasteiger partial charge in [0.25, 0.3) is 0 Å². The molecule has 0 radical (unpaired) electrons. The summed E-state index contributed by atoms with van der Waals surface area (Å²) < 4.78 is 6.17. The van der Waals surface area contributed by atoms with Gasteiger partial charge in [-0.2, -0.15) is 0 Å². The van der Waals surface area contributed by atoms with Gasteiger partial charge < -0.3 is 4.42 Å². The number of hydrogen-bond donors (Lipinski definition) is 0. The van der Waals surface area contributed by atoms with Gasteiger partial charge in [0.05, 0.1) is 0 Å². The van der Waals surface area contributed by atoms with Crippen molar-refractivity contribution in [3.8, 4) is 44.7 Å². The molecule has 0 unspecified atom stereocenters. The highest BCUT2D eigenvalue weighted by molar-refractivity contribution is 6.28. The second-order valence-electron chi connectivity index (χ2n) is 11.2. The van der Waals surface area contributed by atoms with Gasteiger partial charge in [-0.05, 0) is 102 Å². The number of furan rings is 1. The van der Waals surface area contributed by atoms with Crippen LogP contribution >= 0.6 is 0 Å². The molecular formula is C41H25NO. The van der Waals surface area contributed by atoms with E-state index < -0.39 is 0 Å². The summed E-state index contributed by atoms with van der Waals surface area (Å²) in [4.78, 5) is 4.21. The molecule has 0 saturated carbocycles. The normalized spacial score (nSPS) is 11.7. The molecule has 2 nitrogen and oxygen atoms in total. The van der Waals surface area contributed by atoms with Gasteiger partial charge in [0.15, 0.2) is 0 Å². The topological polar surface area (TPSA) is 26.0 Å². The molecule has 2 aromatic heterocycles. The zero-order valence-electron chi connectivity index (χ0n) is 23.3. The maximum atomic E-state index is 6.17. The molecule has 0 saturated heterocycles. The van der Waals surface area contributed by atoms with E-state index in [4.69, 9.17) is 4.42 Å². The molecule has 0 atom stereocenters. The molecule has 0 amide bonds. The largest absolute Gasteiger partial charge is 0.456 e. The molecule has 43 heavy (non-hydrogen) atoms. The molecule has 0 fully saturated rings. The molecule has 0 N–H and O–H groups in total. The van der Waals surface area contributed by atoms with Crippen molar-refractivity contribution in [3.05, 3.63) is 152 Å². The fourth-order valence-corrected chi connectivity index (χ4v) is 6.66. The zero-order chi connectivity index (χ0) is 28.3. The smallest absolute Gasteiger partial charge is 0.135 e. The van der Waals surface area contributed by atoms with E-state index in [1.165, 1.54) is 60.1 Å². The fraction of sp³-hybridized carbons (Fsp3) is 0. The molecule has 0 bridgehead atoms. The van der Waals surface area contributed by atoms with Crippen LogP contribution in [0.4, 0.5) is 0 Å². The van der Waals surface area contributed by atoms with Crippen LogP contribution in [-0.4, -0.2) is 4.98 Å². The highest BCUT2D eigenvalue weighted by Gasteiger charge is 2.17. The molecule has 9 aromatic rings. The van der Waals surface area contributed by atoms with Crippen LogP contribution in [0.15, 0.2) is 156 Å². The highest BCUT2D eigenvalue weighted by atomic mass is 16.3. The van der Waals surface area contributed by atoms with Crippen molar-refractivity contribution in [1.29, 1.82) is 0 Å². The Kier molecular flexibility index (Phi) is 5.23. The van der Waals surface area contributed by atoms with Crippen molar-refractivity contribution in [2.24, 2.45) is 0 Å². The molecule has 200 valence electrons. The average molecular weight is 548 g/mol. The minimum absolute atomic E-state index is 0.886. The third-order valence-corrected chi connectivity index (χ3v) is 8.74. The molecule has 0 aliphatic rings. The summed E-state index contributed by atoms with van der Waals surface area (Å²) in [5, 5.41) is 8.84. The number of hydrogen-bond acceptors (Lipinski definition) is 2. The van der Waals surface area contributed by atoms with Crippen LogP contribution in [0.1, 0.15) is 0 Å². The van der Waals surface area contributed by atoms with E-state index in [-0.39, 0.29) is 0 Å². The van der Waals surface area contributed by atoms with Crippen LogP contribution in [0.25, 0.3) is 88.0 Å². The third-order valence-electron chi connectivity index (χ3n) is 8.74. The molecule has 0 aliphatic heterocycles. The Morgan fingerprint density at radius 3 is 1.81 bits per heavy atom. The molecule has 7 aromatic carbocycles. The van der Waals surface area contributed by atoms with Crippen LogP contribution in [-0.2, 0) is 0 Å². The summed E-state index contributed by atoms with van der Waals surface area (Å²) in [6.07, 6.45) is 3.70. The van der Waals surface area contributed by atoms with Crippen molar-refractivity contribution >= 4 is 43.3 Å². The summed E-state index contributed by atoms with van der Waals surface area (Å²) in [6, 6.07) is 50.2. The van der Waals surface area contributed by atoms with Crippen LogP contribution in [0.5, 0.6) is 0 Å². The summed E-state index contributed by atoms with van der Waals surface area (Å²) in [7, 11) is 0. The fourth-order valence-electron chi connectivity index (χ4n) is 6.66. The second kappa shape index (κ2) is 9.40. The number of pyridine rings is 1. The van der Waals surface area contributed by atoms with Gasteiger partial charge in [-0.3, -0.25) is 4.98 Å². The van der Waals surface area contributed by atoms with E-state index in [9.17, 15) is 0 Å². The SMILES string of the molecule is c1cc(-c2ccncc2)cc(-c2cc(-c3ccc(-c4cc5ccccc5o4)cc3)c3ccc4cccc5ccc2c3c45)c1. The first kappa shape index (κ1) is 23.9. The van der Waals surface area contributed by atoms with Gasteiger partial charge >= 0.3 is 0 Å². The summed E-state index contributed by atoms with van der Waals surface area (Å²) in [5.74, 6) is 0.886. The Morgan fingerprint density at radius 2 is 1.05 bits per heavy atom. The van der Waals surface area contributed by atoms with Crippen molar-refractivity contribution in [2.75, 3.05) is 0 Å². The van der Waals surface area contributed by atoms with E-state index in [1.807, 2.05) is 30.6 Å². The van der Waals surface area contributed by atoms with E-state index in [2.05, 4.69) is 126 Å². The first-order valence-electron chi connectivity index (χ1n) is 14.6. The Hall–Kier alpha value is -5.73. The maximum Gasteiger partial charge on any atom is 0.135 e. The number of fused-ring (bicyclic) bond motifs is 1. The number of aromatic nitrogens is 1. The Labute approximate surface area is 248 Å². The van der Waals surface area contributed by atoms with Crippen LogP contribution in [0, 0.1) is 0 Å². The minimum Gasteiger partial charge on any atom is -0.456 e. The predicted octanol–water partition coefficient (Wildman–Crippen LogP) is 11.4. The van der Waals surface area contributed by atoms with Crippen molar-refractivity contribution in [3.63, 3.8) is 0 Å². The van der Waals surface area contributed by atoms with Crippen LogP contribution < -0.4 is 0 Å². The zero-order valence-corrected chi connectivity index (χ0v) is 23.3. The third kappa shape index (κ3) is 3.84. The standard InChI is InChI=1S/C41H25NO/c1-2-10-38-33(5-1)24-39(43-38)28-13-11-27(12-14-28)36-25-37(32-9-4-8-31(23-32)26-19-21-42-22-20-26)35-18-16-30-7-3-6-29-15-17-34(36)41(35)40(29)30/h1-25H. The lowest BCUT2D eigenvalue weighted by molar-refractivity contribution is 0.631. The molecule has 0 spiro atoms. The van der Waals surface area contributed by atoms with Crippen molar-refractivity contribution in [1.82, 2.24) is 4.98 Å². The molecule has 2 heterocycles. The van der Waals surface area contributed by atoms with E-state index in [0.29, 0.717) is 0 Å². The van der Waals surface area contributed by atoms with E-state index in [1.54, 1.807) is 0 Å². The Balaban J connectivity index is 1.27. The van der Waals surface area contributed by atoms with Crippen LogP contribution in [0.3, 0.4) is 0 Å². The number of nitrogens with zero attached hydrogens (tertiary/aromatic N) is 1. The lowest BCUT2D eigenvalue weighted by Crippen LogP contribution is -1.91. The first-order valence-corrected chi connectivity index (χ1v) is 14.6. The van der Waals surface area contributed by atoms with Crippen molar-refractivity contribution in [2.45, 2.75) is 0 Å². The number of para-hydroxylation sites is 1. The quantitative estimate of drug-likeness (QED) is 0.205. The Bertz CT molecular complexity index is 2390. The first-order chi connectivity index (χ1) is 21.3. The number of benzene rings is 7. The lowest BCUT2D eigenvalue weighted by atomic mass is 9.85. The molecular weight excluding hydrogens is 522 g/mol. The van der Waals surface area contributed by atoms with Gasteiger partial charge in [0.1, 0.15) is 11.3 Å². The minimum atomic E-state index is 0.886. The lowest BCUT2D eigenvalue weighted by Gasteiger charge is -2.18. The molecule has 0 aliphatic carbocycles. The Morgan fingerprint density at radius 1 is 0.395 bits per heavy atom. The van der Waals surface area contributed by atoms with Gasteiger partial charge in [-0.25, -0.2) is 0 Å². The number of rotatable bonds is 4. The molecule has 2 heteroatoms. The summed E-state index contributed by atoms with van der Waals surface area (Å²) >= 11 is 0. The van der Waals surface area contributed by atoms with Crippen LogP contribution in [0.2, 0.25) is 0 Å². The van der Waals surface area contributed by atoms with E-state index >= 15 is 0 Å². The summed E-state index contributed by atoms with van der Waals surface area (Å²) in [6.45, 7) is 0. The monoisotopic (exact) mass is 547 g/mol. The maximum absolute atomic E-state index is 6.17. The van der Waals surface area contributed by atoms with Gasteiger partial charge in [-0.1, -0.05) is 103 Å². The second-order valence-corrected chi connectivity index (χ2v) is 11.2. The predicted molar refractivity (Wildman–Crippen MR) is 179 cm³/mol. The molecule has 9 rings (SSSR count).